The molecule has 88 valence electrons. The molecular weight excluding hydrogens is 230 g/mol. The van der Waals surface area contributed by atoms with E-state index in [4.69, 9.17) is 5.11 Å². The first-order chi connectivity index (χ1) is 8.01. The Labute approximate surface area is 94.9 Å². The number of H-pyrrole nitrogens is 1. The van der Waals surface area contributed by atoms with Crippen molar-refractivity contribution in [2.45, 2.75) is 5.92 Å². The van der Waals surface area contributed by atoms with Gasteiger partial charge in [-0.2, -0.15) is 13.9 Å². The number of carboxylic acids is 1. The first kappa shape index (κ1) is 11.3. The lowest BCUT2D eigenvalue weighted by molar-refractivity contribution is -0.166. The minimum atomic E-state index is -3.96. The van der Waals surface area contributed by atoms with E-state index in [1.165, 1.54) is 0 Å². The summed E-state index contributed by atoms with van der Waals surface area (Å²) in [5.74, 6) is -6.17. The van der Waals surface area contributed by atoms with Crippen molar-refractivity contribution >= 4 is 5.97 Å². The van der Waals surface area contributed by atoms with Crippen LogP contribution in [0.1, 0.15) is 5.69 Å². The second-order valence-electron chi connectivity index (χ2n) is 3.41. The standard InChI is InChI=1S/C11H8F2N2O2/c12-11(13,10(16)17)9-6-8(14-15-9)7-4-2-1-3-5-7/h1-6H,(H,14,15)(H,16,17). The van der Waals surface area contributed by atoms with Crippen molar-refractivity contribution in [3.63, 3.8) is 0 Å². The predicted molar refractivity (Wildman–Crippen MR) is 55.6 cm³/mol. The molecule has 0 atom stereocenters. The molecule has 2 aromatic rings. The van der Waals surface area contributed by atoms with Crippen molar-refractivity contribution in [2.75, 3.05) is 0 Å². The van der Waals surface area contributed by atoms with Gasteiger partial charge in [-0.05, 0) is 6.07 Å². The van der Waals surface area contributed by atoms with Crippen LogP contribution in [0.15, 0.2) is 36.4 Å². The molecule has 0 saturated heterocycles. The Kier molecular flexibility index (Phi) is 2.63. The number of aromatic nitrogens is 2. The van der Waals surface area contributed by atoms with Crippen LogP contribution in [0.3, 0.4) is 0 Å². The number of aliphatic carboxylic acids is 1. The third-order valence-corrected chi connectivity index (χ3v) is 2.25. The molecule has 6 heteroatoms. The van der Waals surface area contributed by atoms with Crippen molar-refractivity contribution in [2.24, 2.45) is 0 Å². The summed E-state index contributed by atoms with van der Waals surface area (Å²) in [6, 6.07) is 9.67. The van der Waals surface area contributed by atoms with Crippen LogP contribution in [0.25, 0.3) is 11.3 Å². The Bertz CT molecular complexity index is 537. The first-order valence-corrected chi connectivity index (χ1v) is 4.74. The fourth-order valence-corrected chi connectivity index (χ4v) is 1.35. The highest BCUT2D eigenvalue weighted by Crippen LogP contribution is 2.29. The highest BCUT2D eigenvalue weighted by atomic mass is 19.3. The summed E-state index contributed by atoms with van der Waals surface area (Å²) in [6.07, 6.45) is 0. The van der Waals surface area contributed by atoms with E-state index in [-0.39, 0.29) is 5.69 Å². The normalized spacial score (nSPS) is 11.4. The number of benzene rings is 1. The van der Waals surface area contributed by atoms with Crippen LogP contribution in [0, 0.1) is 0 Å². The van der Waals surface area contributed by atoms with Crippen LogP contribution < -0.4 is 0 Å². The fourth-order valence-electron chi connectivity index (χ4n) is 1.35. The highest BCUT2D eigenvalue weighted by Gasteiger charge is 2.43. The summed E-state index contributed by atoms with van der Waals surface area (Å²) in [4.78, 5) is 10.4. The predicted octanol–water partition coefficient (Wildman–Crippen LogP) is 2.25. The van der Waals surface area contributed by atoms with Crippen molar-refractivity contribution < 1.29 is 18.7 Å². The van der Waals surface area contributed by atoms with E-state index < -0.39 is 17.6 Å². The van der Waals surface area contributed by atoms with Crippen LogP contribution in [0.4, 0.5) is 8.78 Å². The molecule has 17 heavy (non-hydrogen) atoms. The van der Waals surface area contributed by atoms with Crippen LogP contribution in [-0.4, -0.2) is 21.3 Å². The molecule has 0 aliphatic heterocycles. The number of alkyl halides is 2. The van der Waals surface area contributed by atoms with Gasteiger partial charge in [-0.3, -0.25) is 5.10 Å². The van der Waals surface area contributed by atoms with Crippen LogP contribution in [-0.2, 0) is 10.7 Å². The molecule has 1 aromatic carbocycles. The fraction of sp³-hybridized carbons (Fsp3) is 0.0909. The zero-order valence-corrected chi connectivity index (χ0v) is 8.52. The van der Waals surface area contributed by atoms with E-state index in [9.17, 15) is 13.6 Å². The zero-order chi connectivity index (χ0) is 12.5. The summed E-state index contributed by atoms with van der Waals surface area (Å²) in [5, 5.41) is 14.1. The zero-order valence-electron chi connectivity index (χ0n) is 8.52. The number of nitrogens with zero attached hydrogens (tertiary/aromatic N) is 1. The van der Waals surface area contributed by atoms with E-state index in [1.807, 2.05) is 5.10 Å². The first-order valence-electron chi connectivity index (χ1n) is 4.74. The van der Waals surface area contributed by atoms with Gasteiger partial charge in [-0.15, -0.1) is 0 Å². The van der Waals surface area contributed by atoms with Crippen LogP contribution in [0.2, 0.25) is 0 Å². The summed E-state index contributed by atoms with van der Waals surface area (Å²) in [5.41, 5.74) is 0.182. The molecule has 2 N–H and O–H groups in total. The molecule has 0 spiro atoms. The number of carboxylic acid groups (broad SMARTS) is 1. The quantitative estimate of drug-likeness (QED) is 0.861. The van der Waals surface area contributed by atoms with E-state index in [0.29, 0.717) is 5.56 Å². The molecule has 1 aromatic heterocycles. The Morgan fingerprint density at radius 2 is 1.94 bits per heavy atom. The molecule has 0 unspecified atom stereocenters. The number of nitrogens with one attached hydrogen (secondary N) is 1. The molecule has 1 heterocycles. The summed E-state index contributed by atoms with van der Waals surface area (Å²) >= 11 is 0. The molecule has 0 saturated carbocycles. The summed E-state index contributed by atoms with van der Waals surface area (Å²) < 4.78 is 26.3. The molecular formula is C11H8F2N2O2. The number of hydrogen-bond donors (Lipinski definition) is 2. The molecule has 0 fully saturated rings. The van der Waals surface area contributed by atoms with E-state index in [1.54, 1.807) is 30.3 Å². The van der Waals surface area contributed by atoms with Crippen molar-refractivity contribution in [3.05, 3.63) is 42.1 Å². The van der Waals surface area contributed by atoms with Gasteiger partial charge in [0.15, 0.2) is 0 Å². The monoisotopic (exact) mass is 238 g/mol. The lowest BCUT2D eigenvalue weighted by Crippen LogP contribution is -2.25. The van der Waals surface area contributed by atoms with Gasteiger partial charge in [0.2, 0.25) is 0 Å². The van der Waals surface area contributed by atoms with Gasteiger partial charge in [0.1, 0.15) is 5.69 Å². The second-order valence-corrected chi connectivity index (χ2v) is 3.41. The minimum Gasteiger partial charge on any atom is -0.476 e. The molecule has 0 radical (unpaired) electrons. The molecule has 0 bridgehead atoms. The largest absolute Gasteiger partial charge is 0.476 e. The third-order valence-electron chi connectivity index (χ3n) is 2.25. The molecule has 0 aliphatic carbocycles. The van der Waals surface area contributed by atoms with Crippen molar-refractivity contribution in [3.8, 4) is 11.3 Å². The van der Waals surface area contributed by atoms with Gasteiger partial charge in [-0.25, -0.2) is 4.79 Å². The Balaban J connectivity index is 2.38. The number of halogens is 2. The topological polar surface area (TPSA) is 66.0 Å². The number of rotatable bonds is 3. The summed E-state index contributed by atoms with van der Waals surface area (Å²) in [7, 11) is 0. The maximum Gasteiger partial charge on any atom is 0.383 e. The lowest BCUT2D eigenvalue weighted by Gasteiger charge is -2.06. The van der Waals surface area contributed by atoms with Gasteiger partial charge in [0.05, 0.1) is 5.69 Å². The summed E-state index contributed by atoms with van der Waals surface area (Å²) in [6.45, 7) is 0. The van der Waals surface area contributed by atoms with Crippen LogP contribution >= 0.6 is 0 Å². The molecule has 4 nitrogen and oxygen atoms in total. The number of hydrogen-bond acceptors (Lipinski definition) is 2. The third kappa shape index (κ3) is 2.01. The molecule has 0 amide bonds. The van der Waals surface area contributed by atoms with Gasteiger partial charge < -0.3 is 5.11 Å². The van der Waals surface area contributed by atoms with Gasteiger partial charge in [-0.1, -0.05) is 30.3 Å². The van der Waals surface area contributed by atoms with Gasteiger partial charge in [0, 0.05) is 5.56 Å². The number of carbonyl (C=O) groups is 1. The van der Waals surface area contributed by atoms with Crippen LogP contribution in [0.5, 0.6) is 0 Å². The Hall–Kier alpha value is -2.24. The maximum atomic E-state index is 13.1. The van der Waals surface area contributed by atoms with E-state index >= 15 is 0 Å². The lowest BCUT2D eigenvalue weighted by atomic mass is 10.1. The maximum absolute atomic E-state index is 13.1. The van der Waals surface area contributed by atoms with Crippen molar-refractivity contribution in [1.82, 2.24) is 10.2 Å². The van der Waals surface area contributed by atoms with E-state index in [2.05, 4.69) is 5.10 Å². The average molecular weight is 238 g/mol. The highest BCUT2D eigenvalue weighted by molar-refractivity contribution is 5.77. The smallest absolute Gasteiger partial charge is 0.383 e. The van der Waals surface area contributed by atoms with Crippen molar-refractivity contribution in [1.29, 1.82) is 0 Å². The van der Waals surface area contributed by atoms with Gasteiger partial charge in [0.25, 0.3) is 0 Å². The minimum absolute atomic E-state index is 0.279. The van der Waals surface area contributed by atoms with Gasteiger partial charge >= 0.3 is 11.9 Å². The Morgan fingerprint density at radius 3 is 2.53 bits per heavy atom. The SMILES string of the molecule is O=C(O)C(F)(F)c1cc(-c2ccccc2)n[nH]1. The number of aromatic amines is 1. The Morgan fingerprint density at radius 1 is 1.29 bits per heavy atom. The second kappa shape index (κ2) is 3.97. The average Bonchev–Trinajstić information content (AvgIpc) is 2.80. The van der Waals surface area contributed by atoms with E-state index in [0.717, 1.165) is 6.07 Å². The molecule has 0 aliphatic rings. The molecule has 2 rings (SSSR count).